The molecule has 8 nitrogen and oxygen atoms in total. The minimum Gasteiger partial charge on any atom is -0.497 e. The zero-order valence-electron chi connectivity index (χ0n) is 16.2. The smallest absolute Gasteiger partial charge is 0.240 e. The number of carbonyl (C=O) groups is 1. The number of rotatable bonds is 9. The number of H-pyrrole nitrogens is 1. The lowest BCUT2D eigenvalue weighted by Crippen LogP contribution is -2.24. The van der Waals surface area contributed by atoms with Crippen LogP contribution in [0.2, 0.25) is 0 Å². The van der Waals surface area contributed by atoms with Gasteiger partial charge in [0.05, 0.1) is 18.6 Å². The van der Waals surface area contributed by atoms with Gasteiger partial charge in [-0.05, 0) is 30.2 Å². The minimum atomic E-state index is -0.0944. The second kappa shape index (κ2) is 10.3. The summed E-state index contributed by atoms with van der Waals surface area (Å²) < 4.78 is 5.12. The Morgan fingerprint density at radius 2 is 1.93 bits per heavy atom. The number of nitrogens with one attached hydrogen (secondary N) is 3. The Balaban J connectivity index is 1.43. The van der Waals surface area contributed by atoms with Gasteiger partial charge >= 0.3 is 0 Å². The van der Waals surface area contributed by atoms with Crippen LogP contribution in [0.25, 0.3) is 0 Å². The van der Waals surface area contributed by atoms with Crippen LogP contribution in [0, 0.1) is 0 Å². The van der Waals surface area contributed by atoms with E-state index in [1.165, 1.54) is 11.8 Å². The monoisotopic (exact) mass is 410 g/mol. The van der Waals surface area contributed by atoms with Crippen LogP contribution in [0.4, 0.5) is 5.95 Å². The third-order valence-electron chi connectivity index (χ3n) is 3.97. The summed E-state index contributed by atoms with van der Waals surface area (Å²) in [5.41, 5.74) is 5.69. The van der Waals surface area contributed by atoms with E-state index in [-0.39, 0.29) is 11.7 Å². The zero-order valence-corrected chi connectivity index (χ0v) is 17.0. The van der Waals surface area contributed by atoms with Gasteiger partial charge in [-0.15, -0.1) is 5.10 Å². The predicted octanol–water partition coefficient (Wildman–Crippen LogP) is 3.06. The quantitative estimate of drug-likeness (QED) is 0.285. The Bertz CT molecular complexity index is 957. The van der Waals surface area contributed by atoms with Crippen LogP contribution in [0.15, 0.2) is 64.9 Å². The first kappa shape index (κ1) is 20.4. The topological polar surface area (TPSA) is 104 Å². The summed E-state index contributed by atoms with van der Waals surface area (Å²) in [6.45, 7) is 2.36. The Hall–Kier alpha value is -3.33. The predicted molar refractivity (Wildman–Crippen MR) is 114 cm³/mol. The number of nitrogens with zero attached hydrogens (tertiary/aromatic N) is 3. The van der Waals surface area contributed by atoms with E-state index in [2.05, 4.69) is 31.0 Å². The number of aromatic nitrogens is 3. The largest absolute Gasteiger partial charge is 0.497 e. The number of amides is 1. The first-order valence-corrected chi connectivity index (χ1v) is 9.93. The van der Waals surface area contributed by atoms with E-state index in [9.17, 15) is 4.79 Å². The molecule has 3 N–H and O–H groups in total. The van der Waals surface area contributed by atoms with Crippen LogP contribution in [0.5, 0.6) is 5.75 Å². The van der Waals surface area contributed by atoms with Gasteiger partial charge in [0.1, 0.15) is 5.75 Å². The van der Waals surface area contributed by atoms with Crippen molar-refractivity contribution in [2.75, 3.05) is 18.3 Å². The van der Waals surface area contributed by atoms with Gasteiger partial charge in [0.25, 0.3) is 0 Å². The number of aromatic amines is 1. The highest BCUT2D eigenvalue weighted by atomic mass is 32.2. The number of methoxy groups -OCH3 is 1. The summed E-state index contributed by atoms with van der Waals surface area (Å²) in [5, 5.41) is 14.5. The molecule has 0 aliphatic carbocycles. The Morgan fingerprint density at radius 1 is 1.17 bits per heavy atom. The molecule has 0 bridgehead atoms. The Morgan fingerprint density at radius 3 is 2.66 bits per heavy atom. The van der Waals surface area contributed by atoms with Gasteiger partial charge in [0.2, 0.25) is 17.0 Å². The molecule has 1 amide bonds. The number of hydrogen-bond donors (Lipinski definition) is 3. The van der Waals surface area contributed by atoms with Crippen molar-refractivity contribution < 1.29 is 9.53 Å². The second-order valence-electron chi connectivity index (χ2n) is 6.06. The third kappa shape index (κ3) is 6.35. The molecule has 2 aromatic carbocycles. The summed E-state index contributed by atoms with van der Waals surface area (Å²) in [6, 6.07) is 17.4. The fourth-order valence-electron chi connectivity index (χ4n) is 2.37. The van der Waals surface area contributed by atoms with Gasteiger partial charge in [-0.1, -0.05) is 54.2 Å². The van der Waals surface area contributed by atoms with Gasteiger partial charge in [0, 0.05) is 6.54 Å². The third-order valence-corrected chi connectivity index (χ3v) is 4.81. The molecular weight excluding hydrogens is 388 g/mol. The maximum absolute atomic E-state index is 12.0. The summed E-state index contributed by atoms with van der Waals surface area (Å²) >= 11 is 1.25. The number of benzene rings is 2. The van der Waals surface area contributed by atoms with E-state index in [4.69, 9.17) is 4.74 Å². The molecule has 3 aromatic rings. The van der Waals surface area contributed by atoms with E-state index >= 15 is 0 Å². The molecule has 0 unspecified atom stereocenters. The molecule has 29 heavy (non-hydrogen) atoms. The van der Waals surface area contributed by atoms with Crippen molar-refractivity contribution in [1.29, 1.82) is 0 Å². The van der Waals surface area contributed by atoms with E-state index in [1.807, 2.05) is 61.5 Å². The number of hydrazone groups is 1. The number of carbonyl (C=O) groups excluding carboxylic acids is 1. The fraction of sp³-hybridized carbons (Fsp3) is 0.200. The molecule has 0 atom stereocenters. The van der Waals surface area contributed by atoms with Crippen molar-refractivity contribution in [3.05, 3.63) is 65.7 Å². The first-order valence-electron chi connectivity index (χ1n) is 8.94. The molecule has 0 radical (unpaired) electrons. The molecule has 0 aliphatic rings. The molecular formula is C20H22N6O2S. The highest BCUT2D eigenvalue weighted by Crippen LogP contribution is 2.14. The van der Waals surface area contributed by atoms with Crippen LogP contribution < -0.4 is 15.5 Å². The normalized spacial score (nSPS) is 11.2. The molecule has 0 fully saturated rings. The minimum absolute atomic E-state index is 0.0944. The van der Waals surface area contributed by atoms with Crippen LogP contribution in [-0.4, -0.2) is 39.7 Å². The van der Waals surface area contributed by atoms with Gasteiger partial charge in [-0.25, -0.2) is 10.5 Å². The van der Waals surface area contributed by atoms with Crippen molar-refractivity contribution in [3.63, 3.8) is 0 Å². The number of thioether (sulfide) groups is 1. The summed E-state index contributed by atoms with van der Waals surface area (Å²) in [7, 11) is 1.62. The molecule has 0 spiro atoms. The standard InChI is InChI=1S/C20H22N6O2S/c1-14(16-6-4-3-5-7-16)23-24-19-22-20(26-25-19)29-13-18(27)21-12-15-8-10-17(28-2)11-9-15/h3-11H,12-13H2,1-2H3,(H,21,27)(H2,22,24,25,26)/b23-14+. The zero-order chi connectivity index (χ0) is 20.5. The number of hydrogen-bond acceptors (Lipinski definition) is 7. The average Bonchev–Trinajstić information content (AvgIpc) is 3.23. The van der Waals surface area contributed by atoms with E-state index in [0.717, 1.165) is 22.6 Å². The second-order valence-corrected chi connectivity index (χ2v) is 7.00. The van der Waals surface area contributed by atoms with Gasteiger partial charge in [0.15, 0.2) is 0 Å². The van der Waals surface area contributed by atoms with E-state index < -0.39 is 0 Å². The SMILES string of the molecule is COc1ccc(CNC(=O)CSc2n[nH]c(N/N=C(\C)c3ccccc3)n2)cc1. The number of anilines is 1. The van der Waals surface area contributed by atoms with Crippen molar-refractivity contribution in [1.82, 2.24) is 20.5 Å². The lowest BCUT2D eigenvalue weighted by atomic mass is 10.1. The highest BCUT2D eigenvalue weighted by Gasteiger charge is 2.08. The van der Waals surface area contributed by atoms with Gasteiger partial charge in [-0.3, -0.25) is 4.79 Å². The fourth-order valence-corrected chi connectivity index (χ4v) is 3.00. The average molecular weight is 411 g/mol. The lowest BCUT2D eigenvalue weighted by molar-refractivity contribution is -0.118. The lowest BCUT2D eigenvalue weighted by Gasteiger charge is -2.05. The summed E-state index contributed by atoms with van der Waals surface area (Å²) in [4.78, 5) is 16.3. The maximum atomic E-state index is 12.0. The van der Waals surface area contributed by atoms with E-state index in [0.29, 0.717) is 17.6 Å². The van der Waals surface area contributed by atoms with Crippen LogP contribution in [-0.2, 0) is 11.3 Å². The van der Waals surface area contributed by atoms with Gasteiger partial charge in [-0.2, -0.15) is 10.1 Å². The molecule has 0 saturated carbocycles. The molecule has 150 valence electrons. The Labute approximate surface area is 173 Å². The van der Waals surface area contributed by atoms with Crippen LogP contribution >= 0.6 is 11.8 Å². The Kier molecular flexibility index (Phi) is 7.23. The number of ether oxygens (including phenoxy) is 1. The molecule has 0 saturated heterocycles. The molecule has 9 heteroatoms. The molecule has 3 rings (SSSR count). The summed E-state index contributed by atoms with van der Waals surface area (Å²) in [5.74, 6) is 1.33. The highest BCUT2D eigenvalue weighted by molar-refractivity contribution is 7.99. The maximum Gasteiger partial charge on any atom is 0.240 e. The molecule has 0 aliphatic heterocycles. The van der Waals surface area contributed by atoms with Crippen LogP contribution in [0.3, 0.4) is 0 Å². The first-order chi connectivity index (χ1) is 14.1. The van der Waals surface area contributed by atoms with E-state index in [1.54, 1.807) is 7.11 Å². The van der Waals surface area contributed by atoms with Crippen molar-refractivity contribution >= 4 is 29.3 Å². The summed E-state index contributed by atoms with van der Waals surface area (Å²) in [6.07, 6.45) is 0. The van der Waals surface area contributed by atoms with Gasteiger partial charge < -0.3 is 10.1 Å². The molecule has 1 heterocycles. The van der Waals surface area contributed by atoms with Crippen molar-refractivity contribution in [3.8, 4) is 5.75 Å². The molecule has 1 aromatic heterocycles. The van der Waals surface area contributed by atoms with Crippen molar-refractivity contribution in [2.24, 2.45) is 5.10 Å². The van der Waals surface area contributed by atoms with Crippen molar-refractivity contribution in [2.45, 2.75) is 18.6 Å². The van der Waals surface area contributed by atoms with Crippen LogP contribution in [0.1, 0.15) is 18.1 Å².